The first kappa shape index (κ1) is 16.0. The van der Waals surface area contributed by atoms with Crippen molar-refractivity contribution in [3.8, 4) is 0 Å². The minimum absolute atomic E-state index is 0.0225. The highest BCUT2D eigenvalue weighted by atomic mass is 16.6. The molecule has 0 aromatic heterocycles. The molecule has 0 N–H and O–H groups in total. The number of rotatable bonds is 5. The van der Waals surface area contributed by atoms with Crippen LogP contribution in [0.3, 0.4) is 0 Å². The molecule has 110 valence electrons. The van der Waals surface area contributed by atoms with Crippen molar-refractivity contribution in [1.82, 2.24) is 0 Å². The molecule has 4 heteroatoms. The van der Waals surface area contributed by atoms with E-state index in [0.29, 0.717) is 5.92 Å². The molecule has 0 aliphatic heterocycles. The van der Waals surface area contributed by atoms with Gasteiger partial charge in [0.25, 0.3) is 0 Å². The maximum atomic E-state index is 12.3. The Hall–Kier alpha value is -1.06. The number of esters is 2. The second kappa shape index (κ2) is 6.92. The largest absolute Gasteiger partial charge is 0.465 e. The predicted octanol–water partition coefficient (Wildman–Crippen LogP) is 2.95. The van der Waals surface area contributed by atoms with Crippen molar-refractivity contribution < 1.29 is 19.1 Å². The molecule has 0 amide bonds. The molecular weight excluding hydrogens is 244 g/mol. The van der Waals surface area contributed by atoms with Crippen molar-refractivity contribution in [2.24, 2.45) is 17.3 Å². The van der Waals surface area contributed by atoms with E-state index in [0.717, 1.165) is 25.7 Å². The van der Waals surface area contributed by atoms with Crippen molar-refractivity contribution in [1.29, 1.82) is 0 Å². The second-order valence-electron chi connectivity index (χ2n) is 5.61. The summed E-state index contributed by atoms with van der Waals surface area (Å²) in [5.74, 6) is -0.309. The van der Waals surface area contributed by atoms with E-state index in [4.69, 9.17) is 9.47 Å². The number of carbonyl (C=O) groups is 2. The van der Waals surface area contributed by atoms with E-state index in [-0.39, 0.29) is 19.1 Å². The lowest BCUT2D eigenvalue weighted by atomic mass is 9.67. The topological polar surface area (TPSA) is 52.6 Å². The van der Waals surface area contributed by atoms with Crippen LogP contribution < -0.4 is 0 Å². The highest BCUT2D eigenvalue weighted by Crippen LogP contribution is 2.42. The molecule has 0 aromatic rings. The van der Waals surface area contributed by atoms with E-state index in [1.54, 1.807) is 20.8 Å². The zero-order chi connectivity index (χ0) is 14.5. The molecule has 0 radical (unpaired) electrons. The lowest BCUT2D eigenvalue weighted by molar-refractivity contribution is -0.176. The standard InChI is InChI=1S/C15H26O4/c1-5-18-13(16)15(4,14(17)19-6-2)12-9-7-8-11(3)10-12/h11-12H,5-10H2,1-4H3. The molecule has 2 unspecified atom stereocenters. The van der Waals surface area contributed by atoms with Gasteiger partial charge in [0.15, 0.2) is 5.41 Å². The van der Waals surface area contributed by atoms with Crippen molar-refractivity contribution in [2.75, 3.05) is 13.2 Å². The van der Waals surface area contributed by atoms with Gasteiger partial charge < -0.3 is 9.47 Å². The Bertz CT molecular complexity index is 306. The average molecular weight is 270 g/mol. The van der Waals surface area contributed by atoms with E-state index < -0.39 is 17.4 Å². The summed E-state index contributed by atoms with van der Waals surface area (Å²) in [6.07, 6.45) is 3.99. The SMILES string of the molecule is CCOC(=O)C(C)(C(=O)OCC)C1CCCC(C)C1. The van der Waals surface area contributed by atoms with Crippen molar-refractivity contribution in [3.63, 3.8) is 0 Å². The fourth-order valence-electron chi connectivity index (χ4n) is 2.94. The minimum atomic E-state index is -1.15. The van der Waals surface area contributed by atoms with Gasteiger partial charge in [0.1, 0.15) is 0 Å². The predicted molar refractivity (Wildman–Crippen MR) is 72.5 cm³/mol. The average Bonchev–Trinajstić information content (AvgIpc) is 2.38. The van der Waals surface area contributed by atoms with Crippen LogP contribution in [0.15, 0.2) is 0 Å². The molecule has 19 heavy (non-hydrogen) atoms. The van der Waals surface area contributed by atoms with Gasteiger partial charge in [-0.25, -0.2) is 0 Å². The van der Waals surface area contributed by atoms with Crippen LogP contribution in [0.5, 0.6) is 0 Å². The van der Waals surface area contributed by atoms with Gasteiger partial charge >= 0.3 is 11.9 Å². The molecule has 1 rings (SSSR count). The van der Waals surface area contributed by atoms with Gasteiger partial charge in [0.05, 0.1) is 13.2 Å². The van der Waals surface area contributed by atoms with E-state index >= 15 is 0 Å². The molecule has 1 saturated carbocycles. The maximum Gasteiger partial charge on any atom is 0.323 e. The summed E-state index contributed by atoms with van der Waals surface area (Å²) < 4.78 is 10.2. The summed E-state index contributed by atoms with van der Waals surface area (Å²) >= 11 is 0. The molecule has 0 aromatic carbocycles. The molecule has 0 spiro atoms. The Morgan fingerprint density at radius 1 is 1.11 bits per heavy atom. The first-order chi connectivity index (χ1) is 8.96. The van der Waals surface area contributed by atoms with Gasteiger partial charge in [-0.1, -0.05) is 19.8 Å². The van der Waals surface area contributed by atoms with Crippen LogP contribution in [0, 0.1) is 17.3 Å². The van der Waals surface area contributed by atoms with E-state index in [1.807, 2.05) is 0 Å². The summed E-state index contributed by atoms with van der Waals surface area (Å²) in [4.78, 5) is 24.5. The molecule has 1 aliphatic rings. The molecule has 0 saturated heterocycles. The Balaban J connectivity index is 2.96. The third-order valence-corrected chi connectivity index (χ3v) is 4.15. The van der Waals surface area contributed by atoms with E-state index in [9.17, 15) is 9.59 Å². The molecule has 0 heterocycles. The molecule has 2 atom stereocenters. The Morgan fingerprint density at radius 2 is 1.63 bits per heavy atom. The minimum Gasteiger partial charge on any atom is -0.465 e. The van der Waals surface area contributed by atoms with E-state index in [1.165, 1.54) is 0 Å². The highest BCUT2D eigenvalue weighted by molar-refractivity contribution is 6.00. The number of ether oxygens (including phenoxy) is 2. The third kappa shape index (κ3) is 3.48. The van der Waals surface area contributed by atoms with Gasteiger partial charge in [-0.15, -0.1) is 0 Å². The summed E-state index contributed by atoms with van der Waals surface area (Å²) in [5.41, 5.74) is -1.15. The Morgan fingerprint density at radius 3 is 2.05 bits per heavy atom. The normalized spacial score (nSPS) is 23.8. The highest BCUT2D eigenvalue weighted by Gasteiger charge is 2.51. The van der Waals surface area contributed by atoms with Gasteiger partial charge in [-0.05, 0) is 45.4 Å². The number of hydrogen-bond donors (Lipinski definition) is 0. The van der Waals surface area contributed by atoms with Crippen molar-refractivity contribution in [2.45, 2.75) is 53.4 Å². The molecule has 1 fully saturated rings. The zero-order valence-electron chi connectivity index (χ0n) is 12.5. The second-order valence-corrected chi connectivity index (χ2v) is 5.61. The first-order valence-electron chi connectivity index (χ1n) is 7.31. The molecule has 4 nitrogen and oxygen atoms in total. The molecular formula is C15H26O4. The molecule has 0 bridgehead atoms. The fraction of sp³-hybridized carbons (Fsp3) is 0.867. The Labute approximate surface area is 115 Å². The molecule has 1 aliphatic carbocycles. The fourth-order valence-corrected chi connectivity index (χ4v) is 2.94. The van der Waals surface area contributed by atoms with Crippen molar-refractivity contribution in [3.05, 3.63) is 0 Å². The summed E-state index contributed by atoms with van der Waals surface area (Å²) in [7, 11) is 0. The third-order valence-electron chi connectivity index (χ3n) is 4.15. The lowest BCUT2D eigenvalue weighted by Crippen LogP contribution is -2.46. The number of carbonyl (C=O) groups excluding carboxylic acids is 2. The maximum absolute atomic E-state index is 12.3. The van der Waals surface area contributed by atoms with Crippen LogP contribution in [-0.4, -0.2) is 25.2 Å². The number of hydrogen-bond acceptors (Lipinski definition) is 4. The van der Waals surface area contributed by atoms with Gasteiger partial charge in [-0.2, -0.15) is 0 Å². The van der Waals surface area contributed by atoms with E-state index in [2.05, 4.69) is 6.92 Å². The van der Waals surface area contributed by atoms with Gasteiger partial charge in [0.2, 0.25) is 0 Å². The Kier molecular flexibility index (Phi) is 5.83. The van der Waals surface area contributed by atoms with Gasteiger partial charge in [-0.3, -0.25) is 9.59 Å². The summed E-state index contributed by atoms with van der Waals surface area (Å²) in [5, 5.41) is 0. The smallest absolute Gasteiger partial charge is 0.323 e. The van der Waals surface area contributed by atoms with Crippen LogP contribution in [0.25, 0.3) is 0 Å². The van der Waals surface area contributed by atoms with Crippen molar-refractivity contribution >= 4 is 11.9 Å². The summed E-state index contributed by atoms with van der Waals surface area (Å²) in [6, 6.07) is 0. The summed E-state index contributed by atoms with van der Waals surface area (Å²) in [6.45, 7) is 7.95. The van der Waals surface area contributed by atoms with Crippen LogP contribution in [0.2, 0.25) is 0 Å². The quantitative estimate of drug-likeness (QED) is 0.569. The van der Waals surface area contributed by atoms with Crippen LogP contribution in [-0.2, 0) is 19.1 Å². The van der Waals surface area contributed by atoms with Gasteiger partial charge in [0, 0.05) is 0 Å². The monoisotopic (exact) mass is 270 g/mol. The zero-order valence-corrected chi connectivity index (χ0v) is 12.5. The van der Waals surface area contributed by atoms with Crippen LogP contribution in [0.4, 0.5) is 0 Å². The lowest BCUT2D eigenvalue weighted by Gasteiger charge is -2.37. The first-order valence-corrected chi connectivity index (χ1v) is 7.31. The van der Waals surface area contributed by atoms with Crippen LogP contribution in [0.1, 0.15) is 53.4 Å². The van der Waals surface area contributed by atoms with Crippen LogP contribution >= 0.6 is 0 Å².